The van der Waals surface area contributed by atoms with E-state index in [4.69, 9.17) is 0 Å². The lowest BCUT2D eigenvalue weighted by molar-refractivity contribution is -0.159. The SMILES string of the molecule is CCC(C)C1NC(=O)C(CC)(CC)N(CC)C1=O. The van der Waals surface area contributed by atoms with Crippen LogP contribution in [0.5, 0.6) is 0 Å². The third-order valence-electron chi connectivity index (χ3n) is 4.46. The van der Waals surface area contributed by atoms with Crippen LogP contribution >= 0.6 is 0 Å². The number of likely N-dealkylation sites (N-methyl/N-ethyl adjacent to an activating group) is 1. The Labute approximate surface area is 110 Å². The van der Waals surface area contributed by atoms with Crippen LogP contribution in [-0.4, -0.2) is 34.8 Å². The zero-order valence-electron chi connectivity index (χ0n) is 12.2. The molecule has 0 bridgehead atoms. The molecule has 18 heavy (non-hydrogen) atoms. The molecule has 0 saturated carbocycles. The lowest BCUT2D eigenvalue weighted by Gasteiger charge is -2.48. The zero-order valence-corrected chi connectivity index (χ0v) is 12.2. The minimum Gasteiger partial charge on any atom is -0.342 e. The Morgan fingerprint density at radius 2 is 1.78 bits per heavy atom. The minimum absolute atomic E-state index is 0.0132. The quantitative estimate of drug-likeness (QED) is 0.815. The molecule has 2 amide bonds. The van der Waals surface area contributed by atoms with E-state index in [1.165, 1.54) is 0 Å². The third kappa shape index (κ3) is 2.13. The summed E-state index contributed by atoms with van der Waals surface area (Å²) in [5.41, 5.74) is -0.643. The summed E-state index contributed by atoms with van der Waals surface area (Å²) in [6.07, 6.45) is 2.23. The first-order chi connectivity index (χ1) is 8.48. The number of rotatable bonds is 5. The Bertz CT molecular complexity index is 324. The van der Waals surface area contributed by atoms with Gasteiger partial charge in [-0.25, -0.2) is 0 Å². The predicted molar refractivity (Wildman–Crippen MR) is 72.1 cm³/mol. The van der Waals surface area contributed by atoms with Gasteiger partial charge in [-0.2, -0.15) is 0 Å². The van der Waals surface area contributed by atoms with Crippen LogP contribution in [-0.2, 0) is 9.59 Å². The average Bonchev–Trinajstić information content (AvgIpc) is 2.39. The molecule has 0 aromatic carbocycles. The molecule has 1 N–H and O–H groups in total. The van der Waals surface area contributed by atoms with Crippen LogP contribution in [0.25, 0.3) is 0 Å². The van der Waals surface area contributed by atoms with E-state index in [2.05, 4.69) is 5.32 Å². The van der Waals surface area contributed by atoms with E-state index in [1.807, 2.05) is 34.6 Å². The van der Waals surface area contributed by atoms with Crippen LogP contribution in [0.1, 0.15) is 53.9 Å². The Kier molecular flexibility index (Phi) is 4.77. The number of hydrogen-bond donors (Lipinski definition) is 1. The van der Waals surface area contributed by atoms with Crippen molar-refractivity contribution in [3.63, 3.8) is 0 Å². The van der Waals surface area contributed by atoms with Gasteiger partial charge in [-0.15, -0.1) is 0 Å². The maximum atomic E-state index is 12.5. The summed E-state index contributed by atoms with van der Waals surface area (Å²) in [4.78, 5) is 26.7. The van der Waals surface area contributed by atoms with Crippen molar-refractivity contribution in [1.29, 1.82) is 0 Å². The van der Waals surface area contributed by atoms with E-state index in [9.17, 15) is 9.59 Å². The van der Waals surface area contributed by atoms with Crippen LogP contribution < -0.4 is 5.32 Å². The molecule has 0 spiro atoms. The number of hydrogen-bond acceptors (Lipinski definition) is 2. The average molecular weight is 254 g/mol. The largest absolute Gasteiger partial charge is 0.342 e. The number of amides is 2. The van der Waals surface area contributed by atoms with E-state index in [0.29, 0.717) is 19.4 Å². The van der Waals surface area contributed by atoms with Crippen LogP contribution in [0.3, 0.4) is 0 Å². The highest BCUT2D eigenvalue weighted by Crippen LogP contribution is 2.30. The highest BCUT2D eigenvalue weighted by molar-refractivity contribution is 5.99. The first-order valence-corrected chi connectivity index (χ1v) is 7.10. The Hall–Kier alpha value is -1.06. The third-order valence-corrected chi connectivity index (χ3v) is 4.46. The molecule has 1 aliphatic heterocycles. The minimum atomic E-state index is -0.643. The first kappa shape index (κ1) is 15.0. The molecule has 1 heterocycles. The lowest BCUT2D eigenvalue weighted by Crippen LogP contribution is -2.71. The monoisotopic (exact) mass is 254 g/mol. The second-order valence-corrected chi connectivity index (χ2v) is 5.16. The molecule has 1 saturated heterocycles. The zero-order chi connectivity index (χ0) is 13.9. The number of nitrogens with one attached hydrogen (secondary N) is 1. The van der Waals surface area contributed by atoms with Gasteiger partial charge in [-0.3, -0.25) is 9.59 Å². The molecule has 1 rings (SSSR count). The van der Waals surface area contributed by atoms with Crippen molar-refractivity contribution in [2.24, 2.45) is 5.92 Å². The Balaban J connectivity index is 3.11. The standard InChI is InChI=1S/C14H26N2O2/c1-6-10(5)11-12(17)16(9-4)14(7-2,8-3)13(18)15-11/h10-11H,6-9H2,1-5H3,(H,15,18). The number of piperazine rings is 1. The maximum absolute atomic E-state index is 12.5. The molecule has 104 valence electrons. The van der Waals surface area contributed by atoms with Gasteiger partial charge in [0.2, 0.25) is 11.8 Å². The van der Waals surface area contributed by atoms with Crippen molar-refractivity contribution in [2.45, 2.75) is 65.5 Å². The van der Waals surface area contributed by atoms with E-state index in [0.717, 1.165) is 6.42 Å². The summed E-state index contributed by atoms with van der Waals surface area (Å²) in [7, 11) is 0. The molecule has 1 fully saturated rings. The van der Waals surface area contributed by atoms with Gasteiger partial charge in [0.15, 0.2) is 0 Å². The second kappa shape index (κ2) is 5.72. The van der Waals surface area contributed by atoms with Gasteiger partial charge >= 0.3 is 0 Å². The molecule has 2 atom stereocenters. The Morgan fingerprint density at radius 3 is 2.17 bits per heavy atom. The summed E-state index contributed by atoms with van der Waals surface area (Å²) in [6, 6.07) is -0.353. The van der Waals surface area contributed by atoms with Gasteiger partial charge in [0.25, 0.3) is 0 Å². The number of carbonyl (C=O) groups excluding carboxylic acids is 2. The van der Waals surface area contributed by atoms with Crippen molar-refractivity contribution in [3.05, 3.63) is 0 Å². The highest BCUT2D eigenvalue weighted by Gasteiger charge is 2.50. The lowest BCUT2D eigenvalue weighted by atomic mass is 9.83. The van der Waals surface area contributed by atoms with E-state index < -0.39 is 5.54 Å². The van der Waals surface area contributed by atoms with Crippen molar-refractivity contribution >= 4 is 11.8 Å². The second-order valence-electron chi connectivity index (χ2n) is 5.16. The highest BCUT2D eigenvalue weighted by atomic mass is 16.2. The van der Waals surface area contributed by atoms with Crippen LogP contribution in [0, 0.1) is 5.92 Å². The number of nitrogens with zero attached hydrogens (tertiary/aromatic N) is 1. The molecule has 4 heteroatoms. The summed E-state index contributed by atoms with van der Waals surface area (Å²) in [5, 5.41) is 2.94. The van der Waals surface area contributed by atoms with Crippen molar-refractivity contribution in [1.82, 2.24) is 10.2 Å². The smallest absolute Gasteiger partial charge is 0.246 e. The molecule has 4 nitrogen and oxygen atoms in total. The molecular weight excluding hydrogens is 228 g/mol. The molecule has 2 unspecified atom stereocenters. The molecule has 0 aliphatic carbocycles. The van der Waals surface area contributed by atoms with Gasteiger partial charge in [0.1, 0.15) is 11.6 Å². The maximum Gasteiger partial charge on any atom is 0.246 e. The normalized spacial score (nSPS) is 24.9. The summed E-state index contributed by atoms with van der Waals surface area (Å²) < 4.78 is 0. The van der Waals surface area contributed by atoms with Crippen LogP contribution in [0.2, 0.25) is 0 Å². The van der Waals surface area contributed by atoms with Gasteiger partial charge in [-0.05, 0) is 25.7 Å². The van der Waals surface area contributed by atoms with Gasteiger partial charge in [-0.1, -0.05) is 34.1 Å². The predicted octanol–water partition coefficient (Wildman–Crippen LogP) is 1.94. The topological polar surface area (TPSA) is 49.4 Å². The van der Waals surface area contributed by atoms with E-state index in [-0.39, 0.29) is 23.8 Å². The van der Waals surface area contributed by atoms with Gasteiger partial charge in [0, 0.05) is 6.54 Å². The summed E-state index contributed by atoms with van der Waals surface area (Å²) >= 11 is 0. The molecule has 0 aromatic rings. The van der Waals surface area contributed by atoms with Gasteiger partial charge < -0.3 is 10.2 Å². The van der Waals surface area contributed by atoms with Crippen LogP contribution in [0.15, 0.2) is 0 Å². The first-order valence-electron chi connectivity index (χ1n) is 7.10. The summed E-state index contributed by atoms with van der Waals surface area (Å²) in [6.45, 7) is 10.6. The van der Waals surface area contributed by atoms with Crippen molar-refractivity contribution in [3.8, 4) is 0 Å². The fraction of sp³-hybridized carbons (Fsp3) is 0.857. The van der Waals surface area contributed by atoms with Crippen LogP contribution in [0.4, 0.5) is 0 Å². The van der Waals surface area contributed by atoms with Crippen molar-refractivity contribution < 1.29 is 9.59 Å². The fourth-order valence-electron chi connectivity index (χ4n) is 2.87. The summed E-state index contributed by atoms with van der Waals surface area (Å²) in [5.74, 6) is 0.275. The Morgan fingerprint density at radius 1 is 1.22 bits per heavy atom. The molecule has 1 aliphatic rings. The molecular formula is C14H26N2O2. The molecule has 0 aromatic heterocycles. The molecule has 0 radical (unpaired) electrons. The van der Waals surface area contributed by atoms with E-state index >= 15 is 0 Å². The number of carbonyl (C=O) groups is 2. The van der Waals surface area contributed by atoms with Crippen molar-refractivity contribution in [2.75, 3.05) is 6.54 Å². The van der Waals surface area contributed by atoms with Gasteiger partial charge in [0.05, 0.1) is 0 Å². The van der Waals surface area contributed by atoms with E-state index in [1.54, 1.807) is 4.90 Å². The fourth-order valence-corrected chi connectivity index (χ4v) is 2.87.